The van der Waals surface area contributed by atoms with Crippen LogP contribution in [-0.4, -0.2) is 74.6 Å². The van der Waals surface area contributed by atoms with Gasteiger partial charge < -0.3 is 14.8 Å². The average molecular weight is 485 g/mol. The fraction of sp³-hybridized carbons (Fsp3) is 0.520. The Kier molecular flexibility index (Phi) is 6.39. The highest BCUT2D eigenvalue weighted by atomic mass is 19.3. The number of carbonyl (C=O) groups is 1. The van der Waals surface area contributed by atoms with Crippen molar-refractivity contribution < 1.29 is 13.6 Å². The number of likely N-dealkylation sites (N-methyl/N-ethyl adjacent to an activating group) is 1. The number of benzene rings is 1. The largest absolute Gasteiger partial charge is 0.340 e. The van der Waals surface area contributed by atoms with Crippen LogP contribution < -0.4 is 5.56 Å². The minimum atomic E-state index is -2.64. The number of hydrogen-bond donors (Lipinski definition) is 1. The number of rotatable bonds is 5. The van der Waals surface area contributed by atoms with Gasteiger partial charge >= 0.3 is 0 Å². The van der Waals surface area contributed by atoms with Gasteiger partial charge in [-0.15, -0.1) is 0 Å². The van der Waals surface area contributed by atoms with E-state index in [4.69, 9.17) is 0 Å². The van der Waals surface area contributed by atoms with E-state index in [1.54, 1.807) is 4.68 Å². The van der Waals surface area contributed by atoms with E-state index < -0.39 is 5.92 Å². The lowest BCUT2D eigenvalue weighted by molar-refractivity contribution is -0.132. The molecular weight excluding hydrogens is 454 g/mol. The Morgan fingerprint density at radius 2 is 1.80 bits per heavy atom. The van der Waals surface area contributed by atoms with Gasteiger partial charge in [-0.05, 0) is 31.0 Å². The molecule has 0 bridgehead atoms. The second-order valence-electron chi connectivity index (χ2n) is 9.73. The maximum atomic E-state index is 13.6. The lowest BCUT2D eigenvalue weighted by Gasteiger charge is -2.32. The smallest absolute Gasteiger partial charge is 0.262 e. The van der Waals surface area contributed by atoms with Crippen molar-refractivity contribution in [1.82, 2.24) is 29.5 Å². The van der Waals surface area contributed by atoms with Crippen molar-refractivity contribution in [2.45, 2.75) is 50.5 Å². The standard InChI is InChI=1S/C25H30F2N6O2/c1-31-10-12-32(13-11-31)22(34)15-18-5-3-2-4-17(18)14-21-29-23-20(24(35)30-21)16-28-33(23)19-6-8-25(26,27)9-7-19/h2-5,16,19H,6-15H2,1H3,(H,29,30,35). The zero-order chi connectivity index (χ0) is 24.6. The van der Waals surface area contributed by atoms with E-state index >= 15 is 0 Å². The minimum absolute atomic E-state index is 0.0923. The Labute approximate surface area is 201 Å². The first-order valence-electron chi connectivity index (χ1n) is 12.2. The number of nitrogens with zero attached hydrogens (tertiary/aromatic N) is 5. The van der Waals surface area contributed by atoms with Crippen molar-refractivity contribution >= 4 is 16.9 Å². The van der Waals surface area contributed by atoms with Crippen LogP contribution in [0.15, 0.2) is 35.3 Å². The molecule has 2 aliphatic rings. The van der Waals surface area contributed by atoms with Crippen LogP contribution in [0.3, 0.4) is 0 Å². The van der Waals surface area contributed by atoms with Crippen LogP contribution in [0.1, 0.15) is 48.7 Å². The third kappa shape index (κ3) is 5.12. The number of piperazine rings is 1. The van der Waals surface area contributed by atoms with E-state index in [1.165, 1.54) is 6.20 Å². The van der Waals surface area contributed by atoms with Gasteiger partial charge in [-0.3, -0.25) is 9.59 Å². The Hall–Kier alpha value is -3.14. The van der Waals surface area contributed by atoms with Crippen LogP contribution in [0.4, 0.5) is 8.78 Å². The zero-order valence-electron chi connectivity index (χ0n) is 19.8. The fourth-order valence-corrected chi connectivity index (χ4v) is 5.02. The van der Waals surface area contributed by atoms with E-state index in [1.807, 2.05) is 29.2 Å². The summed E-state index contributed by atoms with van der Waals surface area (Å²) < 4.78 is 28.9. The molecular formula is C25H30F2N6O2. The van der Waals surface area contributed by atoms with Crippen LogP contribution in [0.5, 0.6) is 0 Å². The van der Waals surface area contributed by atoms with Gasteiger partial charge in [-0.25, -0.2) is 18.4 Å². The molecule has 2 aromatic heterocycles. The molecule has 1 aromatic carbocycles. The van der Waals surface area contributed by atoms with Gasteiger partial charge in [0, 0.05) is 45.4 Å². The van der Waals surface area contributed by atoms with Gasteiger partial charge in [-0.2, -0.15) is 5.10 Å². The molecule has 1 N–H and O–H groups in total. The Balaban J connectivity index is 1.37. The Morgan fingerprint density at radius 3 is 2.51 bits per heavy atom. The molecule has 1 saturated heterocycles. The predicted octanol–water partition coefficient (Wildman–Crippen LogP) is 2.78. The Morgan fingerprint density at radius 1 is 1.11 bits per heavy atom. The van der Waals surface area contributed by atoms with E-state index in [9.17, 15) is 18.4 Å². The molecule has 0 unspecified atom stereocenters. The highest BCUT2D eigenvalue weighted by Crippen LogP contribution is 2.38. The quantitative estimate of drug-likeness (QED) is 0.602. The number of hydrogen-bond acceptors (Lipinski definition) is 5. The molecule has 1 aliphatic carbocycles. The summed E-state index contributed by atoms with van der Waals surface area (Å²) in [5.74, 6) is -2.08. The van der Waals surface area contributed by atoms with Crippen LogP contribution in [0, 0.1) is 0 Å². The van der Waals surface area contributed by atoms with Crippen molar-refractivity contribution in [2.24, 2.45) is 0 Å². The number of aromatic amines is 1. The normalized spacial score (nSPS) is 19.3. The van der Waals surface area contributed by atoms with E-state index in [0.717, 1.165) is 37.3 Å². The SMILES string of the molecule is CN1CCN(C(=O)Cc2ccccc2Cc2nc3c(cnn3C3CCC(F)(F)CC3)c(=O)[nH]2)CC1. The second kappa shape index (κ2) is 9.49. The molecule has 5 rings (SSSR count). The van der Waals surface area contributed by atoms with Crippen molar-refractivity contribution in [3.05, 3.63) is 57.8 Å². The first kappa shape index (κ1) is 23.6. The average Bonchev–Trinajstić information content (AvgIpc) is 3.25. The van der Waals surface area contributed by atoms with Gasteiger partial charge in [0.1, 0.15) is 11.2 Å². The van der Waals surface area contributed by atoms with Crippen LogP contribution >= 0.6 is 0 Å². The summed E-state index contributed by atoms with van der Waals surface area (Å²) in [6.07, 6.45) is 2.31. The molecule has 2 fully saturated rings. The molecule has 186 valence electrons. The van der Waals surface area contributed by atoms with Gasteiger partial charge in [0.15, 0.2) is 5.65 Å². The molecule has 1 amide bonds. The summed E-state index contributed by atoms with van der Waals surface area (Å²) in [6, 6.07) is 7.48. The van der Waals surface area contributed by atoms with Gasteiger partial charge in [0.05, 0.1) is 18.7 Å². The van der Waals surface area contributed by atoms with Gasteiger partial charge in [0.2, 0.25) is 11.8 Å². The van der Waals surface area contributed by atoms with Gasteiger partial charge in [-0.1, -0.05) is 24.3 Å². The molecule has 35 heavy (non-hydrogen) atoms. The molecule has 0 atom stereocenters. The molecule has 1 saturated carbocycles. The van der Waals surface area contributed by atoms with Crippen LogP contribution in [-0.2, 0) is 17.6 Å². The van der Waals surface area contributed by atoms with Gasteiger partial charge in [0.25, 0.3) is 5.56 Å². The summed E-state index contributed by atoms with van der Waals surface area (Å²) in [5, 5.41) is 4.68. The molecule has 1 aliphatic heterocycles. The number of aromatic nitrogens is 4. The zero-order valence-corrected chi connectivity index (χ0v) is 19.8. The van der Waals surface area contributed by atoms with Crippen molar-refractivity contribution in [2.75, 3.05) is 33.2 Å². The van der Waals surface area contributed by atoms with Crippen LogP contribution in [0.2, 0.25) is 0 Å². The number of H-pyrrole nitrogens is 1. The third-order valence-electron chi connectivity index (χ3n) is 7.22. The number of halogens is 2. The number of carbonyl (C=O) groups excluding carboxylic acids is 1. The summed E-state index contributed by atoms with van der Waals surface area (Å²) in [4.78, 5) is 37.3. The third-order valence-corrected chi connectivity index (χ3v) is 7.22. The molecule has 3 aromatic rings. The fourth-order valence-electron chi connectivity index (χ4n) is 5.02. The minimum Gasteiger partial charge on any atom is -0.340 e. The lowest BCUT2D eigenvalue weighted by atomic mass is 9.92. The van der Waals surface area contributed by atoms with Crippen molar-refractivity contribution in [1.29, 1.82) is 0 Å². The van der Waals surface area contributed by atoms with Crippen molar-refractivity contribution in [3.63, 3.8) is 0 Å². The number of alkyl halides is 2. The first-order chi connectivity index (χ1) is 16.8. The highest BCUT2D eigenvalue weighted by molar-refractivity contribution is 5.79. The summed E-state index contributed by atoms with van der Waals surface area (Å²) in [5.41, 5.74) is 1.94. The summed E-state index contributed by atoms with van der Waals surface area (Å²) >= 11 is 0. The highest BCUT2D eigenvalue weighted by Gasteiger charge is 2.36. The maximum Gasteiger partial charge on any atom is 0.262 e. The monoisotopic (exact) mass is 484 g/mol. The maximum absolute atomic E-state index is 13.6. The lowest BCUT2D eigenvalue weighted by Crippen LogP contribution is -2.47. The van der Waals surface area contributed by atoms with E-state index in [-0.39, 0.29) is 30.3 Å². The predicted molar refractivity (Wildman–Crippen MR) is 128 cm³/mol. The number of nitrogens with one attached hydrogen (secondary N) is 1. The number of amides is 1. The van der Waals surface area contributed by atoms with Crippen molar-refractivity contribution in [3.8, 4) is 0 Å². The van der Waals surface area contributed by atoms with Crippen LogP contribution in [0.25, 0.3) is 11.0 Å². The molecule has 10 heteroatoms. The second-order valence-corrected chi connectivity index (χ2v) is 9.73. The van der Waals surface area contributed by atoms with E-state index in [0.29, 0.717) is 42.5 Å². The molecule has 3 heterocycles. The first-order valence-corrected chi connectivity index (χ1v) is 12.2. The van der Waals surface area contributed by atoms with E-state index in [2.05, 4.69) is 27.0 Å². The molecule has 0 radical (unpaired) electrons. The molecule has 0 spiro atoms. The summed E-state index contributed by atoms with van der Waals surface area (Å²) in [7, 11) is 2.05. The number of fused-ring (bicyclic) bond motifs is 1. The summed E-state index contributed by atoms with van der Waals surface area (Å²) in [6.45, 7) is 3.18. The topological polar surface area (TPSA) is 87.1 Å². The molecule has 8 nitrogen and oxygen atoms in total. The Bertz CT molecular complexity index is 1270.